The summed E-state index contributed by atoms with van der Waals surface area (Å²) in [4.78, 5) is 0. The first-order chi connectivity index (χ1) is 6.10. The molecule has 0 aromatic carbocycles. The third kappa shape index (κ3) is 14.8. The highest BCUT2D eigenvalue weighted by atomic mass is 14.2. The van der Waals surface area contributed by atoms with Crippen molar-refractivity contribution in [2.75, 3.05) is 0 Å². The Morgan fingerprint density at radius 2 is 0.846 bits per heavy atom. The van der Waals surface area contributed by atoms with Crippen LogP contribution in [0.15, 0.2) is 0 Å². The highest BCUT2D eigenvalue weighted by Gasteiger charge is 2.15. The molecule has 0 rings (SSSR count). The molecule has 0 aliphatic carbocycles. The number of hydrogen-bond acceptors (Lipinski definition) is 0. The summed E-state index contributed by atoms with van der Waals surface area (Å²) in [7, 11) is 0. The zero-order chi connectivity index (χ0) is 11.3. The van der Waals surface area contributed by atoms with Crippen molar-refractivity contribution in [1.82, 2.24) is 0 Å². The second-order valence-corrected chi connectivity index (χ2v) is 3.58. The van der Waals surface area contributed by atoms with Gasteiger partial charge in [-0.05, 0) is 5.41 Å². The maximum atomic E-state index is 2.35. The molecule has 0 radical (unpaired) electrons. The summed E-state index contributed by atoms with van der Waals surface area (Å²) in [5.41, 5.74) is 0.625. The first-order valence-corrected chi connectivity index (χ1v) is 6.10. The van der Waals surface area contributed by atoms with Crippen molar-refractivity contribution in [3.05, 3.63) is 0 Å². The molecule has 0 bridgehead atoms. The standard InChI is InChI=1S/C8H18.C3H8.C2H6/c1-5-8(4,6-2)7-3;1-3-2;1-2/h5-7H2,1-4H3;3H2,1-2H3;1-2H3. The summed E-state index contributed by atoms with van der Waals surface area (Å²) in [6.45, 7) is 17.4. The molecule has 0 amide bonds. The van der Waals surface area contributed by atoms with Gasteiger partial charge in [-0.3, -0.25) is 0 Å². The Labute approximate surface area is 87.1 Å². The van der Waals surface area contributed by atoms with Crippen LogP contribution in [0.4, 0.5) is 0 Å². The summed E-state index contributed by atoms with van der Waals surface area (Å²) in [5, 5.41) is 0. The van der Waals surface area contributed by atoms with Gasteiger partial charge in [0.15, 0.2) is 0 Å². The summed E-state index contributed by atoms with van der Waals surface area (Å²) in [6.07, 6.45) is 5.21. The van der Waals surface area contributed by atoms with E-state index in [1.54, 1.807) is 0 Å². The second kappa shape index (κ2) is 14.5. The fraction of sp³-hybridized carbons (Fsp3) is 1.00. The van der Waals surface area contributed by atoms with Crippen LogP contribution in [0, 0.1) is 5.41 Å². The highest BCUT2D eigenvalue weighted by Crippen LogP contribution is 2.28. The molecular weight excluding hydrogens is 156 g/mol. The molecule has 0 unspecified atom stereocenters. The Balaban J connectivity index is -0.000000169. The lowest BCUT2D eigenvalue weighted by Gasteiger charge is -2.23. The molecule has 84 valence electrons. The first kappa shape index (κ1) is 18.7. The molecule has 0 aromatic rings. The molecule has 0 N–H and O–H groups in total. The lowest BCUT2D eigenvalue weighted by molar-refractivity contribution is 0.286. The van der Waals surface area contributed by atoms with Crippen molar-refractivity contribution < 1.29 is 0 Å². The van der Waals surface area contributed by atoms with E-state index in [0.717, 1.165) is 0 Å². The molecule has 0 heterocycles. The van der Waals surface area contributed by atoms with E-state index in [4.69, 9.17) is 0 Å². The van der Waals surface area contributed by atoms with E-state index in [1.807, 2.05) is 13.8 Å². The summed E-state index contributed by atoms with van der Waals surface area (Å²) >= 11 is 0. The van der Waals surface area contributed by atoms with Crippen molar-refractivity contribution >= 4 is 0 Å². The maximum Gasteiger partial charge on any atom is -0.0334 e. The van der Waals surface area contributed by atoms with E-state index >= 15 is 0 Å². The number of hydrogen-bond donors (Lipinski definition) is 0. The van der Waals surface area contributed by atoms with Crippen molar-refractivity contribution in [1.29, 1.82) is 0 Å². The topological polar surface area (TPSA) is 0 Å². The van der Waals surface area contributed by atoms with Gasteiger partial charge in [-0.1, -0.05) is 81.1 Å². The van der Waals surface area contributed by atoms with Gasteiger partial charge in [-0.15, -0.1) is 0 Å². The SMILES string of the molecule is CC.CCC.CCC(C)(CC)CC. The minimum absolute atomic E-state index is 0.625. The molecule has 0 fully saturated rings. The van der Waals surface area contributed by atoms with E-state index in [1.165, 1.54) is 25.7 Å². The summed E-state index contributed by atoms with van der Waals surface area (Å²) in [6, 6.07) is 0. The van der Waals surface area contributed by atoms with E-state index in [9.17, 15) is 0 Å². The van der Waals surface area contributed by atoms with E-state index in [2.05, 4.69) is 41.5 Å². The monoisotopic (exact) mass is 188 g/mol. The second-order valence-electron chi connectivity index (χ2n) is 3.58. The molecule has 0 aromatic heterocycles. The molecule has 0 heteroatoms. The van der Waals surface area contributed by atoms with Crippen LogP contribution < -0.4 is 0 Å². The predicted molar refractivity (Wildman–Crippen MR) is 66.3 cm³/mol. The first-order valence-electron chi connectivity index (χ1n) is 6.10. The smallest absolute Gasteiger partial charge is 0.0334 e. The van der Waals surface area contributed by atoms with Gasteiger partial charge in [0.2, 0.25) is 0 Å². The molecular formula is C13H32. The highest BCUT2D eigenvalue weighted by molar-refractivity contribution is 4.67. The van der Waals surface area contributed by atoms with Crippen LogP contribution in [-0.4, -0.2) is 0 Å². The summed E-state index contributed by atoms with van der Waals surface area (Å²) in [5.74, 6) is 0. The van der Waals surface area contributed by atoms with Gasteiger partial charge in [0.1, 0.15) is 0 Å². The molecule has 0 spiro atoms. The third-order valence-electron chi connectivity index (χ3n) is 2.56. The Morgan fingerprint density at radius 3 is 0.846 bits per heavy atom. The normalized spacial score (nSPS) is 9.23. The van der Waals surface area contributed by atoms with Crippen LogP contribution in [0.3, 0.4) is 0 Å². The molecule has 0 aliphatic heterocycles. The largest absolute Gasteiger partial charge is 0.0683 e. The fourth-order valence-electron chi connectivity index (χ4n) is 0.750. The van der Waals surface area contributed by atoms with Gasteiger partial charge in [0, 0.05) is 0 Å². The van der Waals surface area contributed by atoms with Gasteiger partial charge < -0.3 is 0 Å². The lowest BCUT2D eigenvalue weighted by Crippen LogP contribution is -2.10. The zero-order valence-electron chi connectivity index (χ0n) is 11.3. The van der Waals surface area contributed by atoms with Crippen LogP contribution in [0.25, 0.3) is 0 Å². The fourth-order valence-corrected chi connectivity index (χ4v) is 0.750. The Bertz CT molecular complexity index is 52.2. The summed E-state index contributed by atoms with van der Waals surface area (Å²) < 4.78 is 0. The van der Waals surface area contributed by atoms with Gasteiger partial charge in [0.05, 0.1) is 0 Å². The van der Waals surface area contributed by atoms with Crippen LogP contribution in [0.5, 0.6) is 0 Å². The Hall–Kier alpha value is 0. The van der Waals surface area contributed by atoms with Crippen molar-refractivity contribution in [2.45, 2.75) is 81.1 Å². The van der Waals surface area contributed by atoms with Crippen LogP contribution in [-0.2, 0) is 0 Å². The average molecular weight is 188 g/mol. The minimum atomic E-state index is 0.625. The minimum Gasteiger partial charge on any atom is -0.0683 e. The molecule has 0 saturated carbocycles. The maximum absolute atomic E-state index is 2.35. The van der Waals surface area contributed by atoms with E-state index in [0.29, 0.717) is 5.41 Å². The lowest BCUT2D eigenvalue weighted by atomic mass is 9.82. The zero-order valence-corrected chi connectivity index (χ0v) is 11.3. The molecule has 0 saturated heterocycles. The molecule has 13 heavy (non-hydrogen) atoms. The Morgan fingerprint density at radius 1 is 0.692 bits per heavy atom. The average Bonchev–Trinajstić information content (AvgIpc) is 2.21. The predicted octanol–water partition coefficient (Wildman–Crippen LogP) is 5.67. The Kier molecular flexibility index (Phi) is 20.9. The number of rotatable bonds is 3. The van der Waals surface area contributed by atoms with Crippen LogP contribution in [0.1, 0.15) is 81.1 Å². The van der Waals surface area contributed by atoms with Crippen LogP contribution >= 0.6 is 0 Å². The van der Waals surface area contributed by atoms with E-state index in [-0.39, 0.29) is 0 Å². The third-order valence-corrected chi connectivity index (χ3v) is 2.56. The van der Waals surface area contributed by atoms with Crippen molar-refractivity contribution in [3.8, 4) is 0 Å². The molecule has 0 nitrogen and oxygen atoms in total. The molecule has 0 aliphatic rings. The van der Waals surface area contributed by atoms with Gasteiger partial charge >= 0.3 is 0 Å². The quantitative estimate of drug-likeness (QED) is 0.535. The van der Waals surface area contributed by atoms with Crippen molar-refractivity contribution in [2.24, 2.45) is 5.41 Å². The van der Waals surface area contributed by atoms with E-state index < -0.39 is 0 Å². The van der Waals surface area contributed by atoms with Crippen LogP contribution in [0.2, 0.25) is 0 Å². The van der Waals surface area contributed by atoms with Crippen molar-refractivity contribution in [3.63, 3.8) is 0 Å². The van der Waals surface area contributed by atoms with Gasteiger partial charge in [-0.2, -0.15) is 0 Å². The molecule has 0 atom stereocenters. The van der Waals surface area contributed by atoms with Gasteiger partial charge in [-0.25, -0.2) is 0 Å². The van der Waals surface area contributed by atoms with Gasteiger partial charge in [0.25, 0.3) is 0 Å².